The minimum atomic E-state index is -3.61. The number of esters is 2. The highest BCUT2D eigenvalue weighted by Crippen LogP contribution is 2.15. The van der Waals surface area contributed by atoms with E-state index in [4.69, 9.17) is 9.47 Å². The highest BCUT2D eigenvalue weighted by Gasteiger charge is 2.30. The number of hydrogen-bond acceptors (Lipinski definition) is 7. The third-order valence-corrected chi connectivity index (χ3v) is 5.65. The maximum absolute atomic E-state index is 12.2. The molecule has 1 atom stereocenters. The molecule has 9 nitrogen and oxygen atoms in total. The molecular formula is C18H22N2O7S. The summed E-state index contributed by atoms with van der Waals surface area (Å²) in [4.78, 5) is 35.8. The Balaban J connectivity index is 2.00. The number of benzene rings is 1. The zero-order chi connectivity index (χ0) is 20.7. The molecule has 0 aliphatic carbocycles. The van der Waals surface area contributed by atoms with E-state index < -0.39 is 39.6 Å². The number of rotatable bonds is 8. The molecule has 0 unspecified atom stereocenters. The van der Waals surface area contributed by atoms with Crippen molar-refractivity contribution in [3.05, 3.63) is 41.6 Å². The Kier molecular flexibility index (Phi) is 7.16. The van der Waals surface area contributed by atoms with Crippen molar-refractivity contribution in [2.45, 2.75) is 31.2 Å². The van der Waals surface area contributed by atoms with Gasteiger partial charge in [-0.1, -0.05) is 18.2 Å². The zero-order valence-electron chi connectivity index (χ0n) is 15.6. The molecule has 152 valence electrons. The van der Waals surface area contributed by atoms with Gasteiger partial charge >= 0.3 is 18.0 Å². The largest absolute Gasteiger partial charge is 0.463 e. The third kappa shape index (κ3) is 5.56. The van der Waals surface area contributed by atoms with Gasteiger partial charge in [-0.2, -0.15) is 0 Å². The minimum Gasteiger partial charge on any atom is -0.463 e. The van der Waals surface area contributed by atoms with Gasteiger partial charge in [0.25, 0.3) is 0 Å². The van der Waals surface area contributed by atoms with Crippen LogP contribution in [0.4, 0.5) is 4.79 Å². The van der Waals surface area contributed by atoms with Crippen LogP contribution in [0.3, 0.4) is 0 Å². The number of carbonyl (C=O) groups is 3. The highest BCUT2D eigenvalue weighted by atomic mass is 32.2. The number of amides is 2. The summed E-state index contributed by atoms with van der Waals surface area (Å²) in [5.41, 5.74) is 0.250. The molecule has 2 amide bonds. The number of nitrogens with one attached hydrogen (secondary N) is 2. The summed E-state index contributed by atoms with van der Waals surface area (Å²) in [7, 11) is -3.61. The van der Waals surface area contributed by atoms with Crippen LogP contribution >= 0.6 is 0 Å². The van der Waals surface area contributed by atoms with Gasteiger partial charge in [0.2, 0.25) is 0 Å². The molecule has 0 saturated heterocycles. The fourth-order valence-corrected chi connectivity index (χ4v) is 3.82. The van der Waals surface area contributed by atoms with Gasteiger partial charge in [-0.3, -0.25) is 4.79 Å². The monoisotopic (exact) mass is 410 g/mol. The average molecular weight is 410 g/mol. The molecule has 1 aromatic rings. The van der Waals surface area contributed by atoms with E-state index in [2.05, 4.69) is 10.6 Å². The first-order chi connectivity index (χ1) is 13.2. The van der Waals surface area contributed by atoms with Crippen molar-refractivity contribution in [1.82, 2.24) is 10.6 Å². The first kappa shape index (κ1) is 21.4. The maximum atomic E-state index is 12.2. The van der Waals surface area contributed by atoms with E-state index in [1.165, 1.54) is 12.1 Å². The second-order valence-electron chi connectivity index (χ2n) is 5.98. The van der Waals surface area contributed by atoms with Gasteiger partial charge in [-0.25, -0.2) is 18.0 Å². The second-order valence-corrected chi connectivity index (χ2v) is 8.08. The van der Waals surface area contributed by atoms with Gasteiger partial charge in [0.05, 0.1) is 41.0 Å². The molecule has 0 spiro atoms. The van der Waals surface area contributed by atoms with Crippen molar-refractivity contribution < 1.29 is 32.3 Å². The Morgan fingerprint density at radius 1 is 1.14 bits per heavy atom. The van der Waals surface area contributed by atoms with Crippen LogP contribution in [0.25, 0.3) is 0 Å². The SMILES string of the molecule is CCOC(=O)C1=C(COC(=O)CCS(=O)(=O)c2ccccc2)NC(=O)N[C@H]1C. The molecule has 1 aliphatic heterocycles. The normalized spacial score (nSPS) is 16.8. The van der Waals surface area contributed by atoms with E-state index in [0.717, 1.165) is 0 Å². The highest BCUT2D eigenvalue weighted by molar-refractivity contribution is 7.91. The molecule has 0 aromatic heterocycles. The van der Waals surface area contributed by atoms with Crippen LogP contribution in [-0.4, -0.2) is 51.4 Å². The van der Waals surface area contributed by atoms with Crippen LogP contribution in [0.1, 0.15) is 20.3 Å². The first-order valence-electron chi connectivity index (χ1n) is 8.65. The standard InChI is InChI=1S/C18H22N2O7S/c1-3-26-17(22)16-12(2)19-18(23)20-14(16)11-27-15(21)9-10-28(24,25)13-7-5-4-6-8-13/h4-8,12H,3,9-11H2,1-2H3,(H2,19,20,23)/t12-/m0/s1. The van der Waals surface area contributed by atoms with E-state index in [1.807, 2.05) is 0 Å². The molecule has 1 aromatic carbocycles. The average Bonchev–Trinajstić information content (AvgIpc) is 2.65. The van der Waals surface area contributed by atoms with Gasteiger partial charge in [0.15, 0.2) is 9.84 Å². The summed E-state index contributed by atoms with van der Waals surface area (Å²) in [6.07, 6.45) is -0.360. The van der Waals surface area contributed by atoms with Crippen molar-refractivity contribution in [2.75, 3.05) is 19.0 Å². The fourth-order valence-electron chi connectivity index (χ4n) is 2.58. The first-order valence-corrected chi connectivity index (χ1v) is 10.3. The van der Waals surface area contributed by atoms with Gasteiger partial charge in [-0.15, -0.1) is 0 Å². The lowest BCUT2D eigenvalue weighted by Crippen LogP contribution is -2.50. The predicted octanol–water partition coefficient (Wildman–Crippen LogP) is 0.912. The number of ether oxygens (including phenoxy) is 2. The second kappa shape index (κ2) is 9.36. The minimum absolute atomic E-state index is 0.106. The van der Waals surface area contributed by atoms with Gasteiger partial charge in [0.1, 0.15) is 6.61 Å². The molecule has 1 heterocycles. The summed E-state index contributed by atoms with van der Waals surface area (Å²) in [5, 5.41) is 4.94. The number of sulfone groups is 1. The van der Waals surface area contributed by atoms with Crippen molar-refractivity contribution in [3.63, 3.8) is 0 Å². The lowest BCUT2D eigenvalue weighted by Gasteiger charge is -2.26. The third-order valence-electron chi connectivity index (χ3n) is 3.92. The summed E-state index contributed by atoms with van der Waals surface area (Å²) in [6, 6.07) is 6.60. The Morgan fingerprint density at radius 2 is 1.82 bits per heavy atom. The number of urea groups is 1. The van der Waals surface area contributed by atoms with Crippen LogP contribution < -0.4 is 10.6 Å². The van der Waals surface area contributed by atoms with Crippen molar-refractivity contribution in [1.29, 1.82) is 0 Å². The Morgan fingerprint density at radius 3 is 2.46 bits per heavy atom. The predicted molar refractivity (Wildman–Crippen MR) is 98.9 cm³/mol. The Hall–Kier alpha value is -2.88. The quantitative estimate of drug-likeness (QED) is 0.610. The van der Waals surface area contributed by atoms with Gasteiger partial charge < -0.3 is 20.1 Å². The van der Waals surface area contributed by atoms with Crippen LogP contribution in [-0.2, 0) is 28.9 Å². The van der Waals surface area contributed by atoms with Gasteiger partial charge in [-0.05, 0) is 26.0 Å². The fraction of sp³-hybridized carbons (Fsp3) is 0.389. The molecule has 0 fully saturated rings. The maximum Gasteiger partial charge on any atom is 0.338 e. The topological polar surface area (TPSA) is 128 Å². The summed E-state index contributed by atoms with van der Waals surface area (Å²) in [6.45, 7) is 3.01. The van der Waals surface area contributed by atoms with Crippen LogP contribution in [0, 0.1) is 0 Å². The van der Waals surface area contributed by atoms with Crippen LogP contribution in [0.2, 0.25) is 0 Å². The molecule has 28 heavy (non-hydrogen) atoms. The number of hydrogen-bond donors (Lipinski definition) is 2. The molecule has 10 heteroatoms. The van der Waals surface area contributed by atoms with Crippen molar-refractivity contribution in [2.24, 2.45) is 0 Å². The molecular weight excluding hydrogens is 388 g/mol. The van der Waals surface area contributed by atoms with E-state index >= 15 is 0 Å². The summed E-state index contributed by atoms with van der Waals surface area (Å²) in [5.74, 6) is -1.82. The molecule has 2 N–H and O–H groups in total. The Bertz CT molecular complexity index is 878. The van der Waals surface area contributed by atoms with E-state index in [-0.39, 0.29) is 35.8 Å². The van der Waals surface area contributed by atoms with E-state index in [0.29, 0.717) is 0 Å². The smallest absolute Gasteiger partial charge is 0.338 e. The zero-order valence-corrected chi connectivity index (χ0v) is 16.4. The van der Waals surface area contributed by atoms with E-state index in [1.54, 1.807) is 32.0 Å². The van der Waals surface area contributed by atoms with Crippen molar-refractivity contribution >= 4 is 27.8 Å². The van der Waals surface area contributed by atoms with Crippen molar-refractivity contribution in [3.8, 4) is 0 Å². The molecule has 0 bridgehead atoms. The number of carbonyl (C=O) groups excluding carboxylic acids is 3. The Labute approximate surface area is 163 Å². The molecule has 0 radical (unpaired) electrons. The lowest BCUT2D eigenvalue weighted by atomic mass is 10.0. The summed E-state index contributed by atoms with van der Waals surface area (Å²) >= 11 is 0. The van der Waals surface area contributed by atoms with Crippen LogP contribution in [0.15, 0.2) is 46.5 Å². The van der Waals surface area contributed by atoms with Crippen LogP contribution in [0.5, 0.6) is 0 Å². The van der Waals surface area contributed by atoms with Gasteiger partial charge in [0, 0.05) is 0 Å². The molecule has 1 aliphatic rings. The van der Waals surface area contributed by atoms with E-state index in [9.17, 15) is 22.8 Å². The summed E-state index contributed by atoms with van der Waals surface area (Å²) < 4.78 is 34.4. The molecule has 2 rings (SSSR count). The molecule has 0 saturated carbocycles. The lowest BCUT2D eigenvalue weighted by molar-refractivity contribution is -0.143.